The van der Waals surface area contributed by atoms with E-state index in [9.17, 15) is 5.11 Å². The second-order valence-corrected chi connectivity index (χ2v) is 6.92. The molecule has 1 aromatic heterocycles. The average Bonchev–Trinajstić information content (AvgIpc) is 3.08. The van der Waals surface area contributed by atoms with Gasteiger partial charge in [0, 0.05) is 30.2 Å². The van der Waals surface area contributed by atoms with Crippen LogP contribution in [0, 0.1) is 6.92 Å². The van der Waals surface area contributed by atoms with Gasteiger partial charge in [0.25, 0.3) is 0 Å². The molecule has 2 aromatic rings. The molecule has 1 atom stereocenters. The lowest BCUT2D eigenvalue weighted by atomic mass is 10.1. The Morgan fingerprint density at radius 1 is 1.23 bits per heavy atom. The van der Waals surface area contributed by atoms with Gasteiger partial charge < -0.3 is 25.2 Å². The van der Waals surface area contributed by atoms with Crippen LogP contribution in [-0.2, 0) is 6.54 Å². The van der Waals surface area contributed by atoms with E-state index in [1.165, 1.54) is 0 Å². The summed E-state index contributed by atoms with van der Waals surface area (Å²) < 4.78 is 10.5. The molecule has 0 fully saturated rings. The maximum Gasteiger partial charge on any atom is 0.191 e. The lowest BCUT2D eigenvalue weighted by Gasteiger charge is -2.17. The summed E-state index contributed by atoms with van der Waals surface area (Å²) >= 11 is 1.63. The van der Waals surface area contributed by atoms with Gasteiger partial charge in [-0.1, -0.05) is 0 Å². The number of methoxy groups -OCH3 is 2. The van der Waals surface area contributed by atoms with Gasteiger partial charge >= 0.3 is 0 Å². The van der Waals surface area contributed by atoms with E-state index in [2.05, 4.69) is 20.6 Å². The van der Waals surface area contributed by atoms with Gasteiger partial charge in [-0.05, 0) is 31.5 Å². The van der Waals surface area contributed by atoms with Crippen LogP contribution >= 0.6 is 11.3 Å². The minimum absolute atomic E-state index is 0.305. The fourth-order valence-electron chi connectivity index (χ4n) is 2.30. The van der Waals surface area contributed by atoms with Crippen molar-refractivity contribution in [3.05, 3.63) is 39.8 Å². The fourth-order valence-corrected chi connectivity index (χ4v) is 3.01. The molecular formula is C18H26N4O3S. The molecule has 7 nitrogen and oxygen atoms in total. The lowest BCUT2D eigenvalue weighted by Crippen LogP contribution is -2.39. The highest BCUT2D eigenvalue weighted by atomic mass is 32.1. The quantitative estimate of drug-likeness (QED) is 0.482. The van der Waals surface area contributed by atoms with Crippen molar-refractivity contribution in [2.75, 3.05) is 27.3 Å². The summed E-state index contributed by atoms with van der Waals surface area (Å²) in [5.41, 5.74) is 0.708. The number of ether oxygens (including phenoxy) is 2. The zero-order valence-corrected chi connectivity index (χ0v) is 16.4. The number of nitrogens with zero attached hydrogens (tertiary/aromatic N) is 2. The number of aliphatic imine (C=N–C) groups is 1. The number of aliphatic hydroxyl groups excluding tert-OH is 1. The first kappa shape index (κ1) is 20.0. The summed E-state index contributed by atoms with van der Waals surface area (Å²) in [5.74, 6) is 1.91. The van der Waals surface area contributed by atoms with Crippen LogP contribution in [0.2, 0.25) is 0 Å². The Bertz CT molecular complexity index is 711. The molecule has 0 aliphatic carbocycles. The van der Waals surface area contributed by atoms with E-state index in [1.807, 2.05) is 20.0 Å². The first-order valence-corrected chi connectivity index (χ1v) is 9.21. The molecule has 1 heterocycles. The molecule has 0 bridgehead atoms. The van der Waals surface area contributed by atoms with Crippen molar-refractivity contribution in [1.82, 2.24) is 15.6 Å². The summed E-state index contributed by atoms with van der Waals surface area (Å²) in [6.45, 7) is 5.54. The van der Waals surface area contributed by atoms with Crippen molar-refractivity contribution in [1.29, 1.82) is 0 Å². The van der Waals surface area contributed by atoms with Crippen LogP contribution in [0.4, 0.5) is 0 Å². The van der Waals surface area contributed by atoms with Crippen LogP contribution < -0.4 is 20.1 Å². The molecule has 0 aliphatic heterocycles. The molecule has 3 N–H and O–H groups in total. The van der Waals surface area contributed by atoms with Crippen molar-refractivity contribution in [3.63, 3.8) is 0 Å². The number of aliphatic hydroxyl groups is 1. The standard InChI is InChI=1S/C18H26N4O3S/c1-5-19-18(22-11-17-20-9-12(2)26-17)21-10-16(23)13-6-14(24-3)8-15(7-13)25-4/h6-9,16,23H,5,10-11H2,1-4H3,(H2,19,21,22). The van der Waals surface area contributed by atoms with E-state index in [1.54, 1.807) is 43.8 Å². The highest BCUT2D eigenvalue weighted by molar-refractivity contribution is 7.11. The largest absolute Gasteiger partial charge is 0.497 e. The number of thiazole rings is 1. The van der Waals surface area contributed by atoms with Crippen LogP contribution in [0.25, 0.3) is 0 Å². The SMILES string of the molecule is CCNC(=NCc1ncc(C)s1)NCC(O)c1cc(OC)cc(OC)c1. The van der Waals surface area contributed by atoms with Gasteiger partial charge in [0.2, 0.25) is 0 Å². The summed E-state index contributed by atoms with van der Waals surface area (Å²) in [6, 6.07) is 5.35. The number of benzene rings is 1. The molecule has 8 heteroatoms. The second-order valence-electron chi connectivity index (χ2n) is 5.60. The first-order chi connectivity index (χ1) is 12.5. The number of rotatable bonds is 8. The second kappa shape index (κ2) is 9.98. The summed E-state index contributed by atoms with van der Waals surface area (Å²) in [4.78, 5) is 9.98. The normalized spacial score (nSPS) is 12.6. The minimum Gasteiger partial charge on any atom is -0.497 e. The van der Waals surface area contributed by atoms with Gasteiger partial charge in [0.15, 0.2) is 5.96 Å². The molecular weight excluding hydrogens is 352 g/mol. The van der Waals surface area contributed by atoms with Crippen molar-refractivity contribution in [2.24, 2.45) is 4.99 Å². The molecule has 0 spiro atoms. The third kappa shape index (κ3) is 5.89. The van der Waals surface area contributed by atoms with Crippen LogP contribution in [-0.4, -0.2) is 43.4 Å². The third-order valence-electron chi connectivity index (χ3n) is 3.61. The lowest BCUT2D eigenvalue weighted by molar-refractivity contribution is 0.180. The van der Waals surface area contributed by atoms with Gasteiger partial charge in [-0.2, -0.15) is 0 Å². The highest BCUT2D eigenvalue weighted by Gasteiger charge is 2.12. The topological polar surface area (TPSA) is 88.0 Å². The Morgan fingerprint density at radius 3 is 2.46 bits per heavy atom. The predicted octanol–water partition coefficient (Wildman–Crippen LogP) is 2.26. The Balaban J connectivity index is 2.01. The molecule has 0 aliphatic rings. The maximum absolute atomic E-state index is 10.5. The molecule has 26 heavy (non-hydrogen) atoms. The van der Waals surface area contributed by atoms with E-state index < -0.39 is 6.10 Å². The number of hydrogen-bond acceptors (Lipinski definition) is 6. The van der Waals surface area contributed by atoms with Crippen LogP contribution in [0.5, 0.6) is 11.5 Å². The van der Waals surface area contributed by atoms with Crippen molar-refractivity contribution >= 4 is 17.3 Å². The van der Waals surface area contributed by atoms with E-state index in [0.717, 1.165) is 16.4 Å². The third-order valence-corrected chi connectivity index (χ3v) is 4.50. The number of nitrogens with one attached hydrogen (secondary N) is 2. The van der Waals surface area contributed by atoms with Crippen LogP contribution in [0.3, 0.4) is 0 Å². The smallest absolute Gasteiger partial charge is 0.191 e. The predicted molar refractivity (Wildman–Crippen MR) is 104 cm³/mol. The molecule has 1 aromatic carbocycles. The summed E-state index contributed by atoms with van der Waals surface area (Å²) in [7, 11) is 3.17. The van der Waals surface area contributed by atoms with Gasteiger partial charge in [-0.15, -0.1) is 11.3 Å². The molecule has 0 saturated carbocycles. The van der Waals surface area contributed by atoms with Gasteiger partial charge in [-0.25, -0.2) is 9.98 Å². The molecule has 0 amide bonds. The Labute approximate surface area is 158 Å². The monoisotopic (exact) mass is 378 g/mol. The molecule has 0 saturated heterocycles. The van der Waals surface area contributed by atoms with Crippen molar-refractivity contribution < 1.29 is 14.6 Å². The highest BCUT2D eigenvalue weighted by Crippen LogP contribution is 2.26. The Kier molecular flexibility index (Phi) is 7.68. The summed E-state index contributed by atoms with van der Waals surface area (Å²) in [6.07, 6.45) is 1.11. The fraction of sp³-hybridized carbons (Fsp3) is 0.444. The average molecular weight is 378 g/mol. The minimum atomic E-state index is -0.732. The number of aryl methyl sites for hydroxylation is 1. The number of guanidine groups is 1. The Morgan fingerprint density at radius 2 is 1.92 bits per heavy atom. The van der Waals surface area contributed by atoms with Gasteiger partial charge in [0.05, 0.1) is 26.9 Å². The number of aromatic nitrogens is 1. The van der Waals surface area contributed by atoms with Gasteiger partial charge in [-0.3, -0.25) is 0 Å². The summed E-state index contributed by atoms with van der Waals surface area (Å²) in [5, 5.41) is 17.8. The number of hydrogen-bond donors (Lipinski definition) is 3. The van der Waals surface area contributed by atoms with Gasteiger partial charge in [0.1, 0.15) is 16.5 Å². The molecule has 1 unspecified atom stereocenters. The van der Waals surface area contributed by atoms with E-state index in [0.29, 0.717) is 36.1 Å². The zero-order valence-electron chi connectivity index (χ0n) is 15.6. The maximum atomic E-state index is 10.5. The van der Waals surface area contributed by atoms with E-state index in [-0.39, 0.29) is 0 Å². The van der Waals surface area contributed by atoms with Crippen LogP contribution in [0.15, 0.2) is 29.4 Å². The van der Waals surface area contributed by atoms with Crippen molar-refractivity contribution in [3.8, 4) is 11.5 Å². The van der Waals surface area contributed by atoms with E-state index >= 15 is 0 Å². The van der Waals surface area contributed by atoms with Crippen molar-refractivity contribution in [2.45, 2.75) is 26.5 Å². The zero-order chi connectivity index (χ0) is 18.9. The molecule has 0 radical (unpaired) electrons. The molecule has 2 rings (SSSR count). The first-order valence-electron chi connectivity index (χ1n) is 8.40. The Hall–Kier alpha value is -2.32. The molecule has 142 valence electrons. The van der Waals surface area contributed by atoms with E-state index in [4.69, 9.17) is 9.47 Å². The van der Waals surface area contributed by atoms with Crippen LogP contribution in [0.1, 0.15) is 28.5 Å².